The van der Waals surface area contributed by atoms with Crippen molar-refractivity contribution in [3.63, 3.8) is 0 Å². The molecule has 9 nitrogen and oxygen atoms in total. The Bertz CT molecular complexity index is 842. The fourth-order valence-electron chi connectivity index (χ4n) is 2.47. The fourth-order valence-corrected chi connectivity index (χ4v) is 2.47. The number of pyridine rings is 1. The van der Waals surface area contributed by atoms with Crippen LogP contribution in [0.3, 0.4) is 0 Å². The number of amides is 2. The van der Waals surface area contributed by atoms with Crippen molar-refractivity contribution in [2.45, 2.75) is 32.4 Å². The van der Waals surface area contributed by atoms with Crippen LogP contribution in [0.25, 0.3) is 11.0 Å². The van der Waals surface area contributed by atoms with Crippen LogP contribution in [0, 0.1) is 26.6 Å². The number of hydrogen-bond acceptors (Lipinski definition) is 6. The second-order valence-electron chi connectivity index (χ2n) is 6.76. The summed E-state index contributed by atoms with van der Waals surface area (Å²) in [6.45, 7) is 17.3. The molecule has 1 aromatic rings. The Balaban J connectivity index is 0. The average Bonchev–Trinajstić information content (AvgIpc) is 3.17. The number of carbonyl (C=O) groups is 2. The Labute approximate surface area is 226 Å². The van der Waals surface area contributed by atoms with Crippen molar-refractivity contribution < 1.29 is 52.0 Å². The molecule has 2 rings (SSSR count). The van der Waals surface area contributed by atoms with Gasteiger partial charge in [0.05, 0.1) is 13.0 Å². The number of ether oxygens (including phenoxy) is 1. The van der Waals surface area contributed by atoms with Gasteiger partial charge in [-0.3, -0.25) is 15.4 Å². The second-order valence-corrected chi connectivity index (χ2v) is 6.76. The normalized spacial score (nSPS) is 14.7. The molecule has 1 saturated heterocycles. The van der Waals surface area contributed by atoms with Gasteiger partial charge in [0.2, 0.25) is 5.91 Å². The number of anilines is 1. The van der Waals surface area contributed by atoms with E-state index in [0.717, 1.165) is 6.21 Å². The zero-order chi connectivity index (χ0) is 23.9. The van der Waals surface area contributed by atoms with Crippen LogP contribution in [0.4, 0.5) is 10.6 Å². The summed E-state index contributed by atoms with van der Waals surface area (Å²) in [6.07, 6.45) is 8.24. The Kier molecular flexibility index (Phi) is 19.0. The van der Waals surface area contributed by atoms with Gasteiger partial charge in [-0.05, 0) is 13.8 Å². The summed E-state index contributed by atoms with van der Waals surface area (Å²) in [7, 11) is 0. The molecule has 2 heterocycles. The number of aliphatic imine (C=N–C) groups is 1. The Morgan fingerprint density at radius 3 is 2.65 bits per heavy atom. The van der Waals surface area contributed by atoms with Crippen molar-refractivity contribution in [2.75, 3.05) is 25.0 Å². The molecule has 0 aromatic carbocycles. The summed E-state index contributed by atoms with van der Waals surface area (Å²) in [5.41, 5.74) is 1.11. The molecule has 1 aliphatic rings. The minimum atomic E-state index is -0.462. The van der Waals surface area contributed by atoms with Crippen molar-refractivity contribution in [1.82, 2.24) is 15.2 Å². The minimum Gasteiger partial charge on any atom is -0.911 e. The summed E-state index contributed by atoms with van der Waals surface area (Å²) in [5, 5.41) is 15.0. The van der Waals surface area contributed by atoms with E-state index in [1.807, 2.05) is 19.9 Å². The van der Waals surface area contributed by atoms with E-state index in [9.17, 15) is 15.0 Å². The molecule has 1 aliphatic heterocycles. The van der Waals surface area contributed by atoms with E-state index in [-0.39, 0.29) is 62.2 Å². The molecule has 34 heavy (non-hydrogen) atoms. The van der Waals surface area contributed by atoms with Crippen LogP contribution in [0.15, 0.2) is 29.4 Å². The Morgan fingerprint density at radius 2 is 2.15 bits per heavy atom. The predicted molar refractivity (Wildman–Crippen MR) is 126 cm³/mol. The first-order valence-electron chi connectivity index (χ1n) is 9.97. The monoisotopic (exact) mass is 450 g/mol. The summed E-state index contributed by atoms with van der Waals surface area (Å²) < 4.78 is 5.05. The maximum atomic E-state index is 11.4. The zero-order valence-corrected chi connectivity index (χ0v) is 20.4. The van der Waals surface area contributed by atoms with Gasteiger partial charge in [-0.2, -0.15) is 12.4 Å². The first kappa shape index (κ1) is 33.9. The second kappa shape index (κ2) is 19.1. The smallest absolute Gasteiger partial charge is 0.911 e. The van der Waals surface area contributed by atoms with Crippen LogP contribution in [-0.4, -0.2) is 66.1 Å². The van der Waals surface area contributed by atoms with E-state index in [4.69, 9.17) is 11.3 Å². The summed E-state index contributed by atoms with van der Waals surface area (Å²) in [5.74, 6) is 0.575. The van der Waals surface area contributed by atoms with Gasteiger partial charge in [0.25, 0.3) is 0 Å². The van der Waals surface area contributed by atoms with Gasteiger partial charge >= 0.3 is 43.8 Å². The minimum absolute atomic E-state index is 0. The van der Waals surface area contributed by atoms with Gasteiger partial charge in [-0.15, -0.1) is 24.7 Å². The van der Waals surface area contributed by atoms with E-state index in [2.05, 4.69) is 46.9 Å². The molecule has 174 valence electrons. The van der Waals surface area contributed by atoms with Gasteiger partial charge in [-0.25, -0.2) is 4.79 Å². The number of rotatable bonds is 9. The van der Waals surface area contributed by atoms with Crippen LogP contribution in [0.2, 0.25) is 0 Å². The third-order valence-corrected chi connectivity index (χ3v) is 3.97. The first-order valence-corrected chi connectivity index (χ1v) is 9.97. The molecule has 1 atom stereocenters. The molecule has 0 radical (unpaired) electrons. The SMILES string of the molecule is [CH-]=C[C-]=N[C-]=C(C=[N-])c1cccnc1NC(C)C.[CH2-]CN(C[CH2-])C(=O)O[C@@H]1CNC(=O)C1.[Li+].[Li+]. The third kappa shape index (κ3) is 12.2. The van der Waals surface area contributed by atoms with Crippen molar-refractivity contribution in [3.05, 3.63) is 62.0 Å². The van der Waals surface area contributed by atoms with E-state index in [1.165, 1.54) is 11.0 Å². The number of carbonyl (C=O) groups excluding carboxylic acids is 2. The number of hydrogen-bond donors (Lipinski definition) is 2. The molecule has 1 aromatic heterocycles. The van der Waals surface area contributed by atoms with Gasteiger partial charge in [-0.1, -0.05) is 6.07 Å². The molecule has 2 amide bonds. The van der Waals surface area contributed by atoms with Crippen molar-refractivity contribution in [3.8, 4) is 0 Å². The largest absolute Gasteiger partial charge is 1.00 e. The molecule has 11 heteroatoms. The molecule has 0 bridgehead atoms. The summed E-state index contributed by atoms with van der Waals surface area (Å²) in [6, 6.07) is 3.81. The predicted octanol–water partition coefficient (Wildman–Crippen LogP) is -3.39. The number of aromatic nitrogens is 1. The first-order chi connectivity index (χ1) is 15.4. The number of nitrogens with one attached hydrogen (secondary N) is 2. The standard InChI is InChI=1S/C14H14N4.C9H14N2O3.2Li/c1-4-7-16-10-12(9-15)13-6-5-8-17-14(13)18-11(2)3;1-3-11(4-2)9(13)14-7-5-8(12)10-6-7;;/h1,4-6,8-9,11H,2-3H3,(H,17,18);7H,1-6H2,(H,10,12);;/q-4;-2;2*+1/t;7-;;/m.0../s1. The number of nitrogens with zero attached hydrogens (tertiary/aromatic N) is 4. The van der Waals surface area contributed by atoms with Gasteiger partial charge in [0.15, 0.2) is 0 Å². The molecule has 0 saturated carbocycles. The molecule has 1 fully saturated rings. The van der Waals surface area contributed by atoms with Crippen LogP contribution in [0.5, 0.6) is 0 Å². The van der Waals surface area contributed by atoms with Crippen molar-refractivity contribution >= 4 is 35.8 Å². The maximum Gasteiger partial charge on any atom is 1.00 e. The molecule has 0 aliphatic carbocycles. The van der Waals surface area contributed by atoms with Crippen LogP contribution >= 0.6 is 0 Å². The Morgan fingerprint density at radius 1 is 1.47 bits per heavy atom. The van der Waals surface area contributed by atoms with Crippen LogP contribution in [0.1, 0.15) is 25.8 Å². The topological polar surface area (TPSA) is 118 Å². The number of allylic oxidation sites excluding steroid dienone is 2. The van der Waals surface area contributed by atoms with Gasteiger partial charge in [0.1, 0.15) is 6.10 Å². The molecular weight excluding hydrogens is 422 g/mol. The maximum absolute atomic E-state index is 11.4. The van der Waals surface area contributed by atoms with E-state index in [0.29, 0.717) is 36.6 Å². The van der Waals surface area contributed by atoms with E-state index >= 15 is 0 Å². The molecule has 0 spiro atoms. The van der Waals surface area contributed by atoms with E-state index < -0.39 is 6.09 Å². The van der Waals surface area contributed by atoms with Crippen molar-refractivity contribution in [2.24, 2.45) is 4.99 Å². The van der Waals surface area contributed by atoms with Gasteiger partial charge < -0.3 is 63.4 Å². The van der Waals surface area contributed by atoms with Crippen molar-refractivity contribution in [1.29, 1.82) is 0 Å². The quantitative estimate of drug-likeness (QED) is 0.231. The summed E-state index contributed by atoms with van der Waals surface area (Å²) in [4.78, 5) is 31.4. The Hall–Kier alpha value is -2.30. The summed E-state index contributed by atoms with van der Waals surface area (Å²) >= 11 is 0. The third-order valence-electron chi connectivity index (χ3n) is 3.97. The van der Waals surface area contributed by atoms with Crippen LogP contribution < -0.4 is 48.4 Å². The fraction of sp³-hybridized carbons (Fsp3) is 0.348. The molecule has 0 unspecified atom stereocenters. The zero-order valence-electron chi connectivity index (χ0n) is 20.4. The van der Waals surface area contributed by atoms with E-state index in [1.54, 1.807) is 12.3 Å². The molecule has 2 N–H and O–H groups in total. The average molecular weight is 450 g/mol. The van der Waals surface area contributed by atoms with Gasteiger partial charge in [0, 0.05) is 18.1 Å². The molecular formula is C23H28Li2N6O3-4. The van der Waals surface area contributed by atoms with Crippen LogP contribution in [-0.2, 0) is 9.53 Å².